The fourth-order valence-electron chi connectivity index (χ4n) is 3.29. The zero-order chi connectivity index (χ0) is 21.3. The van der Waals surface area contributed by atoms with E-state index in [1.54, 1.807) is 6.07 Å². The molecule has 1 N–H and O–H groups in total. The predicted octanol–water partition coefficient (Wildman–Crippen LogP) is 4.05. The number of hydrogen-bond donors (Lipinski definition) is 1. The number of carboxylic acid groups (broad SMARTS) is 1. The Hall–Kier alpha value is -2.18. The average Bonchev–Trinajstić information content (AvgIpc) is 2.65. The van der Waals surface area contributed by atoms with Crippen molar-refractivity contribution in [3.63, 3.8) is 0 Å². The zero-order valence-corrected chi connectivity index (χ0v) is 18.1. The van der Waals surface area contributed by atoms with E-state index in [1.165, 1.54) is 16.1 Å². The van der Waals surface area contributed by atoms with Crippen molar-refractivity contribution in [1.82, 2.24) is 4.31 Å². The van der Waals surface area contributed by atoms with Gasteiger partial charge in [0.05, 0.1) is 12.7 Å². The van der Waals surface area contributed by atoms with Gasteiger partial charge in [0.15, 0.2) is 0 Å². The highest BCUT2D eigenvalue weighted by molar-refractivity contribution is 7.88. The first-order valence-electron chi connectivity index (χ1n) is 10.1. The van der Waals surface area contributed by atoms with Gasteiger partial charge in [-0.05, 0) is 47.9 Å². The molecule has 0 aromatic heterocycles. The van der Waals surface area contributed by atoms with Crippen LogP contribution in [0.4, 0.5) is 0 Å². The lowest BCUT2D eigenvalue weighted by atomic mass is 10.0. The minimum absolute atomic E-state index is 0.00242. The van der Waals surface area contributed by atoms with Crippen molar-refractivity contribution in [2.45, 2.75) is 52.0 Å². The smallest absolute Gasteiger partial charge is 0.307 e. The van der Waals surface area contributed by atoms with E-state index in [4.69, 9.17) is 5.11 Å². The normalized spacial score (nSPS) is 11.7. The van der Waals surface area contributed by atoms with Crippen LogP contribution in [0.3, 0.4) is 0 Å². The van der Waals surface area contributed by atoms with E-state index in [0.717, 1.165) is 36.0 Å². The molecular formula is C23H31NO4S. The maximum Gasteiger partial charge on any atom is 0.307 e. The molecule has 2 aromatic rings. The monoisotopic (exact) mass is 417 g/mol. The van der Waals surface area contributed by atoms with Gasteiger partial charge in [0.25, 0.3) is 0 Å². The van der Waals surface area contributed by atoms with Gasteiger partial charge in [0, 0.05) is 13.1 Å². The molecule has 0 aliphatic rings. The van der Waals surface area contributed by atoms with Crippen LogP contribution in [0.2, 0.25) is 0 Å². The molecule has 29 heavy (non-hydrogen) atoms. The number of rotatable bonds is 12. The standard InChI is InChI=1S/C23H31NO4S/c1-3-4-7-19-11-13-21(14-12-19)18-24(29(2,27)28)15-6-10-20-8-5-9-22(16-20)17-23(25)26/h5,8-9,11-14,16H,3-4,6-7,10,15,17-18H2,1-2H3,(H,25,26). The molecule has 158 valence electrons. The van der Waals surface area contributed by atoms with Gasteiger partial charge in [-0.15, -0.1) is 0 Å². The average molecular weight is 418 g/mol. The highest BCUT2D eigenvalue weighted by atomic mass is 32.2. The van der Waals surface area contributed by atoms with Crippen molar-refractivity contribution in [3.05, 3.63) is 70.8 Å². The molecule has 0 amide bonds. The fourth-order valence-corrected chi connectivity index (χ4v) is 4.13. The van der Waals surface area contributed by atoms with Crippen molar-refractivity contribution in [2.75, 3.05) is 12.8 Å². The third-order valence-electron chi connectivity index (χ3n) is 4.89. The summed E-state index contributed by atoms with van der Waals surface area (Å²) in [5.74, 6) is -0.855. The lowest BCUT2D eigenvalue weighted by Gasteiger charge is -2.20. The molecule has 2 aromatic carbocycles. The molecule has 0 saturated heterocycles. The minimum atomic E-state index is -3.31. The van der Waals surface area contributed by atoms with Crippen LogP contribution >= 0.6 is 0 Å². The number of hydrogen-bond acceptors (Lipinski definition) is 3. The summed E-state index contributed by atoms with van der Waals surface area (Å²) < 4.78 is 26.0. The molecule has 0 heterocycles. The summed E-state index contributed by atoms with van der Waals surface area (Å²) in [4.78, 5) is 10.9. The first kappa shape index (κ1) is 23.1. The summed E-state index contributed by atoms with van der Waals surface area (Å²) >= 11 is 0. The largest absolute Gasteiger partial charge is 0.481 e. The molecule has 6 heteroatoms. The van der Waals surface area contributed by atoms with Gasteiger partial charge in [0.2, 0.25) is 10.0 Å². The number of aryl methyl sites for hydroxylation is 2. The Kier molecular flexibility index (Phi) is 8.86. The van der Waals surface area contributed by atoms with Gasteiger partial charge in [-0.1, -0.05) is 61.9 Å². The van der Waals surface area contributed by atoms with Gasteiger partial charge < -0.3 is 5.11 Å². The lowest BCUT2D eigenvalue weighted by molar-refractivity contribution is -0.136. The van der Waals surface area contributed by atoms with Gasteiger partial charge in [-0.25, -0.2) is 8.42 Å². The second-order valence-electron chi connectivity index (χ2n) is 7.51. The quantitative estimate of drug-likeness (QED) is 0.565. The Morgan fingerprint density at radius 1 is 0.931 bits per heavy atom. The van der Waals surface area contributed by atoms with Crippen LogP contribution in [0, 0.1) is 0 Å². The van der Waals surface area contributed by atoms with Gasteiger partial charge >= 0.3 is 5.97 Å². The molecule has 0 spiro atoms. The van der Waals surface area contributed by atoms with Crippen molar-refractivity contribution in [3.8, 4) is 0 Å². The van der Waals surface area contributed by atoms with E-state index >= 15 is 0 Å². The summed E-state index contributed by atoms with van der Waals surface area (Å²) in [5, 5.41) is 8.92. The van der Waals surface area contributed by atoms with E-state index < -0.39 is 16.0 Å². The van der Waals surface area contributed by atoms with Crippen molar-refractivity contribution >= 4 is 16.0 Å². The van der Waals surface area contributed by atoms with Crippen LogP contribution in [0.1, 0.15) is 48.4 Å². The summed E-state index contributed by atoms with van der Waals surface area (Å²) in [7, 11) is -3.31. The topological polar surface area (TPSA) is 74.7 Å². The second-order valence-corrected chi connectivity index (χ2v) is 9.49. The maximum absolute atomic E-state index is 12.2. The molecule has 2 rings (SSSR count). The summed E-state index contributed by atoms with van der Waals surface area (Å²) in [6.07, 6.45) is 5.99. The van der Waals surface area contributed by atoms with Crippen molar-refractivity contribution in [2.24, 2.45) is 0 Å². The fraction of sp³-hybridized carbons (Fsp3) is 0.435. The number of unbranched alkanes of at least 4 members (excludes halogenated alkanes) is 1. The number of benzene rings is 2. The Morgan fingerprint density at radius 2 is 1.55 bits per heavy atom. The Bertz CT molecular complexity index is 891. The van der Waals surface area contributed by atoms with E-state index in [2.05, 4.69) is 19.1 Å². The molecule has 0 saturated carbocycles. The Morgan fingerprint density at radius 3 is 2.17 bits per heavy atom. The summed E-state index contributed by atoms with van der Waals surface area (Å²) in [6, 6.07) is 15.7. The van der Waals surface area contributed by atoms with Crippen LogP contribution in [-0.2, 0) is 40.6 Å². The SMILES string of the molecule is CCCCc1ccc(CN(CCCc2cccc(CC(=O)O)c2)S(C)(=O)=O)cc1. The first-order valence-corrected chi connectivity index (χ1v) is 12.0. The van der Waals surface area contributed by atoms with Gasteiger partial charge in [0.1, 0.15) is 0 Å². The third kappa shape index (κ3) is 8.38. The third-order valence-corrected chi connectivity index (χ3v) is 6.14. The molecule has 0 bridgehead atoms. The summed E-state index contributed by atoms with van der Waals surface area (Å²) in [6.45, 7) is 2.96. The highest BCUT2D eigenvalue weighted by Crippen LogP contribution is 2.14. The molecule has 0 aliphatic heterocycles. The molecule has 0 atom stereocenters. The number of sulfonamides is 1. The van der Waals surface area contributed by atoms with E-state index in [-0.39, 0.29) is 6.42 Å². The van der Waals surface area contributed by atoms with Gasteiger partial charge in [-0.2, -0.15) is 4.31 Å². The van der Waals surface area contributed by atoms with Crippen molar-refractivity contribution in [1.29, 1.82) is 0 Å². The van der Waals surface area contributed by atoms with E-state index in [1.807, 2.05) is 30.3 Å². The van der Waals surface area contributed by atoms with Crippen LogP contribution < -0.4 is 0 Å². The van der Waals surface area contributed by atoms with Gasteiger partial charge in [-0.3, -0.25) is 4.79 Å². The number of aliphatic carboxylic acids is 1. The Balaban J connectivity index is 1.95. The first-order chi connectivity index (χ1) is 13.8. The number of carbonyl (C=O) groups is 1. The molecule has 0 fully saturated rings. The molecular weight excluding hydrogens is 386 g/mol. The van der Waals surface area contributed by atoms with Crippen LogP contribution in [-0.4, -0.2) is 36.6 Å². The lowest BCUT2D eigenvalue weighted by Crippen LogP contribution is -2.30. The van der Waals surface area contributed by atoms with Crippen LogP contribution in [0.5, 0.6) is 0 Å². The van der Waals surface area contributed by atoms with Crippen LogP contribution in [0.15, 0.2) is 48.5 Å². The van der Waals surface area contributed by atoms with Crippen molar-refractivity contribution < 1.29 is 18.3 Å². The van der Waals surface area contributed by atoms with Crippen LogP contribution in [0.25, 0.3) is 0 Å². The molecule has 0 radical (unpaired) electrons. The zero-order valence-electron chi connectivity index (χ0n) is 17.3. The minimum Gasteiger partial charge on any atom is -0.481 e. The Labute approximate surface area is 174 Å². The summed E-state index contributed by atoms with van der Waals surface area (Å²) in [5.41, 5.74) is 4.05. The second kappa shape index (κ2) is 11.1. The molecule has 5 nitrogen and oxygen atoms in total. The predicted molar refractivity (Wildman–Crippen MR) is 116 cm³/mol. The molecule has 0 aliphatic carbocycles. The maximum atomic E-state index is 12.2. The van der Waals surface area contributed by atoms with E-state index in [9.17, 15) is 13.2 Å². The number of nitrogens with zero attached hydrogens (tertiary/aromatic N) is 1. The molecule has 0 unspecified atom stereocenters. The highest BCUT2D eigenvalue weighted by Gasteiger charge is 2.16. The number of carboxylic acids is 1. The van der Waals surface area contributed by atoms with E-state index in [0.29, 0.717) is 25.9 Å².